The summed E-state index contributed by atoms with van der Waals surface area (Å²) in [5, 5.41) is 16.7. The number of aromatic amines is 1. The number of nitro groups is 1. The van der Waals surface area contributed by atoms with Crippen molar-refractivity contribution in [2.24, 2.45) is 5.73 Å². The van der Waals surface area contributed by atoms with E-state index in [4.69, 9.17) is 5.73 Å². The van der Waals surface area contributed by atoms with Gasteiger partial charge in [0.2, 0.25) is 0 Å². The zero-order valence-electron chi connectivity index (χ0n) is 9.53. The molecule has 1 aromatic heterocycles. The van der Waals surface area contributed by atoms with Crippen molar-refractivity contribution in [1.29, 1.82) is 0 Å². The average molecular weight is 249 g/mol. The third-order valence-electron chi connectivity index (χ3n) is 2.42. The molecule has 1 unspecified atom stereocenters. The van der Waals surface area contributed by atoms with E-state index in [1.54, 1.807) is 6.92 Å². The van der Waals surface area contributed by atoms with Crippen LogP contribution in [0.2, 0.25) is 0 Å². The second kappa shape index (κ2) is 4.41. The quantitative estimate of drug-likeness (QED) is 0.605. The Kier molecular flexibility index (Phi) is 2.94. The summed E-state index contributed by atoms with van der Waals surface area (Å²) < 4.78 is 1.29. The fraction of sp³-hybridized carbons (Fsp3) is 0.200. The van der Waals surface area contributed by atoms with E-state index < -0.39 is 16.7 Å². The van der Waals surface area contributed by atoms with Crippen molar-refractivity contribution in [3.63, 3.8) is 0 Å². The van der Waals surface area contributed by atoms with Crippen LogP contribution in [0, 0.1) is 10.1 Å². The van der Waals surface area contributed by atoms with Gasteiger partial charge in [-0.15, -0.1) is 0 Å². The Labute approximate surface area is 101 Å². The number of nitrogens with one attached hydrogen (secondary N) is 1. The van der Waals surface area contributed by atoms with Crippen molar-refractivity contribution >= 4 is 5.69 Å². The van der Waals surface area contributed by atoms with Crippen LogP contribution < -0.4 is 11.4 Å². The first kappa shape index (κ1) is 12.0. The molecule has 0 saturated heterocycles. The molecule has 1 aromatic carbocycles. The monoisotopic (exact) mass is 249 g/mol. The van der Waals surface area contributed by atoms with Gasteiger partial charge < -0.3 is 5.73 Å². The van der Waals surface area contributed by atoms with Crippen molar-refractivity contribution in [2.45, 2.75) is 13.0 Å². The molecule has 0 fully saturated rings. The Morgan fingerprint density at radius 3 is 2.56 bits per heavy atom. The molecule has 1 heterocycles. The molecule has 0 aliphatic heterocycles. The summed E-state index contributed by atoms with van der Waals surface area (Å²) in [6.45, 7) is 1.69. The van der Waals surface area contributed by atoms with Crippen LogP contribution in [0.1, 0.15) is 18.8 Å². The number of nitrogens with zero attached hydrogens (tertiary/aromatic N) is 3. The smallest absolute Gasteiger partial charge is 0.322 e. The zero-order chi connectivity index (χ0) is 13.3. The van der Waals surface area contributed by atoms with Crippen LogP contribution in [0.4, 0.5) is 5.69 Å². The number of nitro benzene ring substituents is 1. The molecular formula is C10H11N5O3. The lowest BCUT2D eigenvalue weighted by molar-refractivity contribution is -0.384. The van der Waals surface area contributed by atoms with Gasteiger partial charge in [-0.25, -0.2) is 14.5 Å². The molecule has 94 valence electrons. The maximum atomic E-state index is 11.6. The maximum absolute atomic E-state index is 11.6. The van der Waals surface area contributed by atoms with Crippen LogP contribution in [0.15, 0.2) is 29.1 Å². The summed E-state index contributed by atoms with van der Waals surface area (Å²) >= 11 is 0. The number of aromatic nitrogens is 3. The highest BCUT2D eigenvalue weighted by molar-refractivity contribution is 5.41. The predicted molar refractivity (Wildman–Crippen MR) is 63.4 cm³/mol. The Bertz CT molecular complexity index is 626. The van der Waals surface area contributed by atoms with Crippen molar-refractivity contribution in [2.75, 3.05) is 0 Å². The standard InChI is InChI=1S/C10H11N5O3/c1-6(11)9-12-13-10(16)14(9)7-2-4-8(5-3-7)15(17)18/h2-6H,11H2,1H3,(H,13,16). The highest BCUT2D eigenvalue weighted by atomic mass is 16.6. The number of hydrogen-bond acceptors (Lipinski definition) is 5. The molecular weight excluding hydrogens is 238 g/mol. The van der Waals surface area contributed by atoms with Crippen LogP contribution in [0.3, 0.4) is 0 Å². The Hall–Kier alpha value is -2.48. The minimum atomic E-state index is -0.506. The number of H-pyrrole nitrogens is 1. The molecule has 0 aliphatic rings. The first-order valence-electron chi connectivity index (χ1n) is 5.18. The van der Waals surface area contributed by atoms with Gasteiger partial charge in [-0.2, -0.15) is 5.10 Å². The average Bonchev–Trinajstić information content (AvgIpc) is 2.71. The maximum Gasteiger partial charge on any atom is 0.347 e. The summed E-state index contributed by atoms with van der Waals surface area (Å²) in [6.07, 6.45) is 0. The lowest BCUT2D eigenvalue weighted by Gasteiger charge is -2.07. The van der Waals surface area contributed by atoms with Crippen LogP contribution in [-0.4, -0.2) is 19.7 Å². The molecule has 1 atom stereocenters. The van der Waals surface area contributed by atoms with E-state index in [9.17, 15) is 14.9 Å². The minimum absolute atomic E-state index is 0.0439. The van der Waals surface area contributed by atoms with Crippen molar-refractivity contribution in [3.8, 4) is 5.69 Å². The lowest BCUT2D eigenvalue weighted by atomic mass is 10.2. The molecule has 2 aromatic rings. The minimum Gasteiger partial charge on any atom is -0.322 e. The molecule has 3 N–H and O–H groups in total. The summed E-state index contributed by atoms with van der Waals surface area (Å²) in [6, 6.07) is 5.15. The molecule has 8 nitrogen and oxygen atoms in total. The molecule has 18 heavy (non-hydrogen) atoms. The third-order valence-corrected chi connectivity index (χ3v) is 2.42. The van der Waals surface area contributed by atoms with Gasteiger partial charge in [-0.3, -0.25) is 10.1 Å². The van der Waals surface area contributed by atoms with Gasteiger partial charge in [0.15, 0.2) is 5.82 Å². The van der Waals surface area contributed by atoms with Crippen LogP contribution in [0.25, 0.3) is 5.69 Å². The molecule has 8 heteroatoms. The van der Waals surface area contributed by atoms with Gasteiger partial charge in [-0.05, 0) is 19.1 Å². The highest BCUT2D eigenvalue weighted by Gasteiger charge is 2.14. The lowest BCUT2D eigenvalue weighted by Crippen LogP contribution is -2.20. The normalized spacial score (nSPS) is 12.3. The second-order valence-corrected chi connectivity index (χ2v) is 3.78. The summed E-state index contributed by atoms with van der Waals surface area (Å²) in [5.74, 6) is 0.369. The van der Waals surface area contributed by atoms with Crippen molar-refractivity contribution < 1.29 is 4.92 Å². The molecule has 0 bridgehead atoms. The van der Waals surface area contributed by atoms with Crippen LogP contribution in [-0.2, 0) is 0 Å². The Balaban J connectivity index is 2.52. The van der Waals surface area contributed by atoms with Gasteiger partial charge >= 0.3 is 5.69 Å². The van der Waals surface area contributed by atoms with E-state index in [1.807, 2.05) is 0 Å². The van der Waals surface area contributed by atoms with E-state index in [1.165, 1.54) is 28.8 Å². The molecule has 0 spiro atoms. The van der Waals surface area contributed by atoms with E-state index in [2.05, 4.69) is 10.2 Å². The van der Waals surface area contributed by atoms with Gasteiger partial charge in [0, 0.05) is 12.1 Å². The van der Waals surface area contributed by atoms with Gasteiger partial charge in [0.05, 0.1) is 16.7 Å². The van der Waals surface area contributed by atoms with Gasteiger partial charge in [0.25, 0.3) is 5.69 Å². The van der Waals surface area contributed by atoms with Crippen LogP contribution in [0.5, 0.6) is 0 Å². The summed E-state index contributed by atoms with van der Waals surface area (Å²) in [4.78, 5) is 21.7. The number of benzene rings is 1. The molecule has 0 aliphatic carbocycles. The largest absolute Gasteiger partial charge is 0.347 e. The van der Waals surface area contributed by atoms with Crippen molar-refractivity contribution in [1.82, 2.24) is 14.8 Å². The SMILES string of the molecule is CC(N)c1n[nH]c(=O)n1-c1ccc([N+](=O)[O-])cc1. The summed E-state index contributed by atoms with van der Waals surface area (Å²) in [5.41, 5.74) is 5.69. The van der Waals surface area contributed by atoms with E-state index in [0.717, 1.165) is 0 Å². The number of rotatable bonds is 3. The van der Waals surface area contributed by atoms with Crippen molar-refractivity contribution in [3.05, 3.63) is 50.7 Å². The second-order valence-electron chi connectivity index (χ2n) is 3.78. The first-order chi connectivity index (χ1) is 8.50. The third kappa shape index (κ3) is 2.00. The Morgan fingerprint density at radius 1 is 1.44 bits per heavy atom. The molecule has 0 amide bonds. The van der Waals surface area contributed by atoms with E-state index >= 15 is 0 Å². The van der Waals surface area contributed by atoms with E-state index in [-0.39, 0.29) is 5.69 Å². The fourth-order valence-electron chi connectivity index (χ4n) is 1.59. The zero-order valence-corrected chi connectivity index (χ0v) is 9.53. The van der Waals surface area contributed by atoms with E-state index in [0.29, 0.717) is 11.5 Å². The Morgan fingerprint density at radius 2 is 2.06 bits per heavy atom. The molecule has 0 radical (unpaired) electrons. The highest BCUT2D eigenvalue weighted by Crippen LogP contribution is 2.16. The first-order valence-corrected chi connectivity index (χ1v) is 5.18. The topological polar surface area (TPSA) is 120 Å². The summed E-state index contributed by atoms with van der Waals surface area (Å²) in [7, 11) is 0. The van der Waals surface area contributed by atoms with Crippen LogP contribution >= 0.6 is 0 Å². The number of hydrogen-bond donors (Lipinski definition) is 2. The molecule has 0 saturated carbocycles. The number of non-ortho nitro benzene ring substituents is 1. The fourth-order valence-corrected chi connectivity index (χ4v) is 1.59. The van der Waals surface area contributed by atoms with Gasteiger partial charge in [-0.1, -0.05) is 0 Å². The predicted octanol–water partition coefficient (Wildman–Crippen LogP) is 0.489. The number of nitrogens with two attached hydrogens (primary N) is 1. The molecule has 2 rings (SSSR count). The van der Waals surface area contributed by atoms with Gasteiger partial charge in [0.1, 0.15) is 0 Å².